The van der Waals surface area contributed by atoms with Gasteiger partial charge in [0.05, 0.1) is 13.3 Å². The summed E-state index contributed by atoms with van der Waals surface area (Å²) in [4.78, 5) is 14.5. The van der Waals surface area contributed by atoms with Crippen molar-refractivity contribution >= 4 is 5.97 Å². The molecule has 0 unspecified atom stereocenters. The Bertz CT molecular complexity index is 345. The number of carbonyl (C=O) groups excluding carboxylic acids is 1. The Morgan fingerprint density at radius 2 is 2.13 bits per heavy atom. The van der Waals surface area contributed by atoms with Gasteiger partial charge in [0, 0.05) is 6.92 Å². The minimum Gasteiger partial charge on any atom is -0.464 e. The molecule has 0 saturated carbocycles. The first-order valence-corrected chi connectivity index (χ1v) is 4.03. The first kappa shape index (κ1) is 11.4. The van der Waals surface area contributed by atoms with E-state index in [-0.39, 0.29) is 11.4 Å². The number of alkyl halides is 2. The largest absolute Gasteiger partial charge is 0.464 e. The van der Waals surface area contributed by atoms with Gasteiger partial charge < -0.3 is 9.47 Å². The minimum atomic E-state index is -3.27. The van der Waals surface area contributed by atoms with Crippen molar-refractivity contribution < 1.29 is 23.0 Å². The molecule has 0 spiro atoms. The highest BCUT2D eigenvalue weighted by molar-refractivity contribution is 5.87. The van der Waals surface area contributed by atoms with Gasteiger partial charge in [0.15, 0.2) is 0 Å². The molecule has 0 saturated heterocycles. The van der Waals surface area contributed by atoms with Crippen LogP contribution in [-0.2, 0) is 4.74 Å². The second kappa shape index (κ2) is 4.20. The van der Waals surface area contributed by atoms with Crippen molar-refractivity contribution in [3.05, 3.63) is 24.0 Å². The molecule has 0 bridgehead atoms. The maximum absolute atomic E-state index is 12.4. The van der Waals surface area contributed by atoms with Gasteiger partial charge in [-0.25, -0.2) is 9.78 Å². The lowest BCUT2D eigenvalue weighted by Gasteiger charge is -2.12. The molecule has 0 aliphatic rings. The summed E-state index contributed by atoms with van der Waals surface area (Å²) in [6.45, 7) is 0.612. The molecule has 1 rings (SSSR count). The number of hydrogen-bond acceptors (Lipinski definition) is 4. The number of pyridine rings is 1. The highest BCUT2D eigenvalue weighted by Gasteiger charge is 2.23. The SMILES string of the molecule is COC(=O)c1ccc(OC(C)(F)F)cn1. The van der Waals surface area contributed by atoms with E-state index in [1.807, 2.05) is 0 Å². The Hall–Kier alpha value is -1.72. The first-order valence-electron chi connectivity index (χ1n) is 4.03. The fraction of sp³-hybridized carbons (Fsp3) is 0.333. The van der Waals surface area contributed by atoms with E-state index >= 15 is 0 Å². The quantitative estimate of drug-likeness (QED) is 0.725. The molecule has 15 heavy (non-hydrogen) atoms. The molecule has 0 atom stereocenters. The minimum absolute atomic E-state index is 0.0317. The van der Waals surface area contributed by atoms with Gasteiger partial charge >= 0.3 is 12.1 Å². The smallest absolute Gasteiger partial charge is 0.394 e. The lowest BCUT2D eigenvalue weighted by Crippen LogP contribution is -2.19. The Balaban J connectivity index is 2.77. The van der Waals surface area contributed by atoms with Crippen LogP contribution in [0.1, 0.15) is 17.4 Å². The van der Waals surface area contributed by atoms with E-state index in [9.17, 15) is 13.6 Å². The Labute approximate surface area is 84.8 Å². The van der Waals surface area contributed by atoms with Gasteiger partial charge in [0.25, 0.3) is 0 Å². The monoisotopic (exact) mass is 217 g/mol. The van der Waals surface area contributed by atoms with Crippen LogP contribution in [0.4, 0.5) is 8.78 Å². The molecule has 0 aromatic carbocycles. The van der Waals surface area contributed by atoms with Crippen LogP contribution in [0.15, 0.2) is 18.3 Å². The lowest BCUT2D eigenvalue weighted by atomic mass is 10.3. The highest BCUT2D eigenvalue weighted by atomic mass is 19.3. The topological polar surface area (TPSA) is 48.4 Å². The van der Waals surface area contributed by atoms with Crippen LogP contribution < -0.4 is 4.74 Å². The van der Waals surface area contributed by atoms with E-state index in [0.717, 1.165) is 6.20 Å². The van der Waals surface area contributed by atoms with Crippen LogP contribution in [0, 0.1) is 0 Å². The van der Waals surface area contributed by atoms with Gasteiger partial charge in [-0.3, -0.25) is 0 Å². The second-order valence-electron chi connectivity index (χ2n) is 2.78. The number of hydrogen-bond donors (Lipinski definition) is 0. The average Bonchev–Trinajstić information content (AvgIpc) is 2.15. The summed E-state index contributed by atoms with van der Waals surface area (Å²) < 4.78 is 33.4. The predicted octanol–water partition coefficient (Wildman–Crippen LogP) is 1.86. The number of aromatic nitrogens is 1. The normalized spacial score (nSPS) is 10.9. The third kappa shape index (κ3) is 3.49. The molecule has 6 heteroatoms. The van der Waals surface area contributed by atoms with Crippen LogP contribution in [0.25, 0.3) is 0 Å². The number of rotatable bonds is 3. The maximum Gasteiger partial charge on any atom is 0.394 e. The zero-order valence-electron chi connectivity index (χ0n) is 8.16. The van der Waals surface area contributed by atoms with Crippen molar-refractivity contribution in [2.45, 2.75) is 13.0 Å². The molecule has 0 radical (unpaired) electrons. The van der Waals surface area contributed by atoms with Crippen LogP contribution >= 0.6 is 0 Å². The second-order valence-corrected chi connectivity index (χ2v) is 2.78. The Morgan fingerprint density at radius 1 is 1.47 bits per heavy atom. The highest BCUT2D eigenvalue weighted by Crippen LogP contribution is 2.19. The predicted molar refractivity (Wildman–Crippen MR) is 46.8 cm³/mol. The Kier molecular flexibility index (Phi) is 3.18. The van der Waals surface area contributed by atoms with Crippen molar-refractivity contribution in [2.24, 2.45) is 0 Å². The fourth-order valence-electron chi connectivity index (χ4n) is 0.873. The van der Waals surface area contributed by atoms with E-state index in [1.165, 1.54) is 19.2 Å². The molecule has 1 heterocycles. The molecule has 4 nitrogen and oxygen atoms in total. The van der Waals surface area contributed by atoms with Gasteiger partial charge in [-0.15, -0.1) is 0 Å². The van der Waals surface area contributed by atoms with E-state index in [0.29, 0.717) is 6.92 Å². The standard InChI is InChI=1S/C9H9F2NO3/c1-9(10,11)15-6-3-4-7(12-5-6)8(13)14-2/h3-5H,1-2H3. The molecule has 82 valence electrons. The summed E-state index contributed by atoms with van der Waals surface area (Å²) in [5.74, 6) is -0.750. The number of esters is 1. The van der Waals surface area contributed by atoms with Crippen molar-refractivity contribution in [3.63, 3.8) is 0 Å². The molecule has 1 aromatic rings. The summed E-state index contributed by atoms with van der Waals surface area (Å²) >= 11 is 0. The van der Waals surface area contributed by atoms with Gasteiger partial charge in [0.2, 0.25) is 0 Å². The number of ether oxygens (including phenoxy) is 2. The molecular formula is C9H9F2NO3. The number of carbonyl (C=O) groups is 1. The summed E-state index contributed by atoms with van der Waals surface area (Å²) in [5, 5.41) is 0. The average molecular weight is 217 g/mol. The molecule has 1 aromatic heterocycles. The first-order chi connectivity index (χ1) is 6.92. The summed E-state index contributed by atoms with van der Waals surface area (Å²) in [5.41, 5.74) is 0.0317. The number of methoxy groups -OCH3 is 1. The van der Waals surface area contributed by atoms with Gasteiger partial charge in [-0.05, 0) is 12.1 Å². The molecule has 0 aliphatic heterocycles. The third-order valence-electron chi connectivity index (χ3n) is 1.43. The zero-order chi connectivity index (χ0) is 11.5. The van der Waals surface area contributed by atoms with Gasteiger partial charge in [-0.2, -0.15) is 8.78 Å². The van der Waals surface area contributed by atoms with Gasteiger partial charge in [0.1, 0.15) is 11.4 Å². The summed E-state index contributed by atoms with van der Waals surface area (Å²) in [6, 6.07) is 2.46. The number of halogens is 2. The van der Waals surface area contributed by atoms with E-state index in [1.54, 1.807) is 0 Å². The zero-order valence-corrected chi connectivity index (χ0v) is 8.16. The molecule has 0 amide bonds. The van der Waals surface area contributed by atoms with E-state index in [2.05, 4.69) is 14.5 Å². The molecule has 0 N–H and O–H groups in total. The van der Waals surface area contributed by atoms with Crippen LogP contribution in [0.3, 0.4) is 0 Å². The molecular weight excluding hydrogens is 208 g/mol. The molecule has 0 fully saturated rings. The van der Waals surface area contributed by atoms with E-state index < -0.39 is 12.1 Å². The maximum atomic E-state index is 12.4. The van der Waals surface area contributed by atoms with Crippen molar-refractivity contribution in [1.29, 1.82) is 0 Å². The third-order valence-corrected chi connectivity index (χ3v) is 1.43. The lowest BCUT2D eigenvalue weighted by molar-refractivity contribution is -0.159. The van der Waals surface area contributed by atoms with Crippen LogP contribution in [0.2, 0.25) is 0 Å². The summed E-state index contributed by atoms with van der Waals surface area (Å²) in [7, 11) is 1.20. The van der Waals surface area contributed by atoms with Crippen LogP contribution in [-0.4, -0.2) is 24.2 Å². The number of nitrogens with zero attached hydrogens (tertiary/aromatic N) is 1. The summed E-state index contributed by atoms with van der Waals surface area (Å²) in [6.07, 6.45) is -2.24. The van der Waals surface area contributed by atoms with Crippen molar-refractivity contribution in [3.8, 4) is 5.75 Å². The fourth-order valence-corrected chi connectivity index (χ4v) is 0.873. The van der Waals surface area contributed by atoms with Crippen molar-refractivity contribution in [1.82, 2.24) is 4.98 Å². The van der Waals surface area contributed by atoms with Gasteiger partial charge in [-0.1, -0.05) is 0 Å². The molecule has 0 aliphatic carbocycles. The van der Waals surface area contributed by atoms with E-state index in [4.69, 9.17) is 0 Å². The van der Waals surface area contributed by atoms with Crippen LogP contribution in [0.5, 0.6) is 5.75 Å². The van der Waals surface area contributed by atoms with Crippen molar-refractivity contribution in [2.75, 3.05) is 7.11 Å². The Morgan fingerprint density at radius 3 is 2.53 bits per heavy atom.